The van der Waals surface area contributed by atoms with Crippen molar-refractivity contribution < 1.29 is 0 Å². The lowest BCUT2D eigenvalue weighted by atomic mass is 9.60. The summed E-state index contributed by atoms with van der Waals surface area (Å²) in [5.41, 5.74) is 31.3. The Labute approximate surface area is 477 Å². The highest BCUT2D eigenvalue weighted by Crippen LogP contribution is 2.70. The quantitative estimate of drug-likeness (QED) is 0.135. The van der Waals surface area contributed by atoms with Gasteiger partial charge in [-0.2, -0.15) is 0 Å². The van der Waals surface area contributed by atoms with Gasteiger partial charge in [-0.25, -0.2) is 0 Å². The zero-order valence-electron chi connectivity index (χ0n) is 52.2. The van der Waals surface area contributed by atoms with Gasteiger partial charge in [-0.1, -0.05) is 271 Å². The monoisotopic (exact) mass is 1040 g/mol. The van der Waals surface area contributed by atoms with Gasteiger partial charge in [0.05, 0.1) is 0 Å². The molecule has 3 atom stereocenters. The van der Waals surface area contributed by atoms with Gasteiger partial charge in [-0.05, 0) is 187 Å². The Morgan fingerprint density at radius 2 is 0.797 bits per heavy atom. The predicted molar refractivity (Wildman–Crippen MR) is 340 cm³/mol. The van der Waals surface area contributed by atoms with Crippen LogP contribution in [0, 0.1) is 5.92 Å². The number of hydrogen-bond donors (Lipinski definition) is 0. The standard InChI is InChI=1S/C79H92/c1-72(2,3)53-29-21-46(22-30-53)39-51(49-25-33-55(34-26-49)74(7,8)9)40-48-42-60-64-61(43-48)78(17,18)70-68(64)66-58(76(60,13)14)37-38-59-67(66)69-65-62(77(59,15)16)44-52(45-63(65)79(19,20)71(69)70)57(50-27-35-56(36-28-50)75(10,11)12)41-47-23-31-54(32-24-47)73(4,5)6/h21-38,42-43,45,51-52,57H,39-41,44H2,1-20H3. The SMILES string of the molecule is CC(C)(C)c1ccc(CC(Cc2cc3c4c(c2)C(C)(C)c2ccc5c6c7c(c(c-4c26)C3(C)C)C(C)(C)C2=CC(C(Cc3ccc(C(C)(C)C)cc3)c3ccc(C(C)(C)C)cc3)CC(=C27)C5(C)C)c2ccc(C(C)(C)C)cc2)cc1. The summed E-state index contributed by atoms with van der Waals surface area (Å²) in [6, 6.07) is 49.3. The molecule has 7 aromatic carbocycles. The van der Waals surface area contributed by atoms with Crippen LogP contribution in [0.3, 0.4) is 0 Å². The van der Waals surface area contributed by atoms with Gasteiger partial charge in [0.1, 0.15) is 0 Å². The maximum atomic E-state index is 2.83. The minimum absolute atomic E-state index is 0.0983. The third-order valence-corrected chi connectivity index (χ3v) is 20.9. The van der Waals surface area contributed by atoms with Crippen molar-refractivity contribution in [1.29, 1.82) is 0 Å². The summed E-state index contributed by atoms with van der Waals surface area (Å²) in [7, 11) is 0. The summed E-state index contributed by atoms with van der Waals surface area (Å²) in [5.74, 6) is 1.00. The average molecular weight is 1040 g/mol. The Morgan fingerprint density at radius 1 is 0.392 bits per heavy atom. The summed E-state index contributed by atoms with van der Waals surface area (Å²) in [4.78, 5) is 0. The highest BCUT2D eigenvalue weighted by molar-refractivity contribution is 6.19. The van der Waals surface area contributed by atoms with Gasteiger partial charge in [0.25, 0.3) is 0 Å². The van der Waals surface area contributed by atoms with E-state index in [4.69, 9.17) is 0 Å². The summed E-state index contributed by atoms with van der Waals surface area (Å²) in [5, 5.41) is 3.11. The molecule has 79 heavy (non-hydrogen) atoms. The maximum absolute atomic E-state index is 2.83. The molecule has 0 aliphatic heterocycles. The highest BCUT2D eigenvalue weighted by atomic mass is 14.6. The van der Waals surface area contributed by atoms with Crippen molar-refractivity contribution in [2.24, 2.45) is 5.92 Å². The topological polar surface area (TPSA) is 0 Å². The van der Waals surface area contributed by atoms with Crippen LogP contribution < -0.4 is 0 Å². The van der Waals surface area contributed by atoms with Crippen LogP contribution in [0.4, 0.5) is 0 Å². The number of allylic oxidation sites excluding steroid dienone is 4. The van der Waals surface area contributed by atoms with Crippen molar-refractivity contribution in [2.45, 2.75) is 219 Å². The maximum Gasteiger partial charge on any atom is 0.0162 e. The Hall–Kier alpha value is -5.72. The largest absolute Gasteiger partial charge is 0.0758 e. The molecule has 0 saturated heterocycles. The van der Waals surface area contributed by atoms with Gasteiger partial charge in [0.2, 0.25) is 0 Å². The van der Waals surface area contributed by atoms with Crippen molar-refractivity contribution in [3.63, 3.8) is 0 Å². The van der Waals surface area contributed by atoms with Crippen LogP contribution in [-0.2, 0) is 62.6 Å². The second kappa shape index (κ2) is 17.4. The molecular formula is C79H92. The Balaban J connectivity index is 1.02. The van der Waals surface area contributed by atoms with Gasteiger partial charge in [-0.3, -0.25) is 0 Å². The zero-order valence-corrected chi connectivity index (χ0v) is 52.2. The molecule has 0 amide bonds. The van der Waals surface area contributed by atoms with E-state index in [-0.39, 0.29) is 43.3 Å². The van der Waals surface area contributed by atoms with E-state index in [1.165, 1.54) is 77.9 Å². The van der Waals surface area contributed by atoms with E-state index in [1.807, 2.05) is 0 Å². The molecule has 0 aromatic heterocycles. The van der Waals surface area contributed by atoms with Crippen molar-refractivity contribution in [2.75, 3.05) is 0 Å². The predicted octanol–water partition coefficient (Wildman–Crippen LogP) is 20.9. The van der Waals surface area contributed by atoms with Crippen LogP contribution in [0.5, 0.6) is 0 Å². The number of hydrogen-bond acceptors (Lipinski definition) is 0. The first-order chi connectivity index (χ1) is 36.7. The molecule has 12 rings (SSSR count). The van der Waals surface area contributed by atoms with Crippen LogP contribution >= 0.6 is 0 Å². The highest BCUT2D eigenvalue weighted by Gasteiger charge is 2.56. The molecule has 7 aromatic rings. The van der Waals surface area contributed by atoms with Gasteiger partial charge in [0.15, 0.2) is 0 Å². The first-order valence-electron chi connectivity index (χ1n) is 30.4. The second-order valence-corrected chi connectivity index (χ2v) is 31.8. The second-order valence-electron chi connectivity index (χ2n) is 31.8. The average Bonchev–Trinajstić information content (AvgIpc) is 1.60. The van der Waals surface area contributed by atoms with Crippen LogP contribution in [0.2, 0.25) is 0 Å². The van der Waals surface area contributed by atoms with Crippen molar-refractivity contribution in [1.82, 2.24) is 0 Å². The van der Waals surface area contributed by atoms with Crippen molar-refractivity contribution in [3.8, 4) is 11.1 Å². The Morgan fingerprint density at radius 3 is 1.29 bits per heavy atom. The van der Waals surface area contributed by atoms with Crippen molar-refractivity contribution >= 4 is 16.3 Å². The van der Waals surface area contributed by atoms with Gasteiger partial charge < -0.3 is 0 Å². The van der Waals surface area contributed by atoms with Gasteiger partial charge in [0, 0.05) is 21.7 Å². The van der Waals surface area contributed by atoms with E-state index >= 15 is 0 Å². The molecule has 5 aliphatic rings. The van der Waals surface area contributed by atoms with Gasteiger partial charge >= 0.3 is 0 Å². The number of fused-ring (bicyclic) bond motifs is 1. The fourth-order valence-electron chi connectivity index (χ4n) is 16.0. The fraction of sp³-hybridized carbons (Fsp3) is 0.443. The van der Waals surface area contributed by atoms with E-state index in [1.54, 1.807) is 49.7 Å². The first kappa shape index (κ1) is 53.9. The summed E-state index contributed by atoms with van der Waals surface area (Å²) < 4.78 is 0. The molecule has 0 spiro atoms. The van der Waals surface area contributed by atoms with E-state index < -0.39 is 0 Å². The molecule has 3 unspecified atom stereocenters. The van der Waals surface area contributed by atoms with Gasteiger partial charge in [-0.15, -0.1) is 0 Å². The number of rotatable bonds is 9. The molecule has 408 valence electrons. The molecule has 0 fully saturated rings. The Bertz CT molecular complexity index is 3690. The smallest absolute Gasteiger partial charge is 0.0162 e. The Kier molecular flexibility index (Phi) is 11.9. The van der Waals surface area contributed by atoms with Crippen molar-refractivity contribution in [3.05, 3.63) is 228 Å². The van der Waals surface area contributed by atoms with E-state index in [0.717, 1.165) is 25.7 Å². The zero-order chi connectivity index (χ0) is 56.7. The molecule has 0 bridgehead atoms. The lowest BCUT2D eigenvalue weighted by molar-refractivity contribution is 0.452. The minimum Gasteiger partial charge on any atom is -0.0758 e. The van der Waals surface area contributed by atoms with E-state index in [0.29, 0.717) is 17.8 Å². The molecule has 0 N–H and O–H groups in total. The molecule has 0 saturated carbocycles. The molecule has 0 heteroatoms. The van der Waals surface area contributed by atoms with E-state index in [2.05, 4.69) is 266 Å². The van der Waals surface area contributed by atoms with E-state index in [9.17, 15) is 0 Å². The van der Waals surface area contributed by atoms with Crippen LogP contribution in [0.25, 0.3) is 27.5 Å². The van der Waals surface area contributed by atoms with Crippen LogP contribution in [-0.4, -0.2) is 0 Å². The molecule has 5 aliphatic carbocycles. The summed E-state index contributed by atoms with van der Waals surface area (Å²) in [6.07, 6.45) is 6.90. The lowest BCUT2D eigenvalue weighted by Gasteiger charge is -2.44. The lowest BCUT2D eigenvalue weighted by Crippen LogP contribution is -2.32. The first-order valence-corrected chi connectivity index (χ1v) is 30.4. The minimum atomic E-state index is -0.204. The summed E-state index contributed by atoms with van der Waals surface area (Å²) >= 11 is 0. The summed E-state index contributed by atoms with van der Waals surface area (Å²) in [6.45, 7) is 48.7. The van der Waals surface area contributed by atoms with Crippen LogP contribution in [0.15, 0.2) is 139 Å². The third kappa shape index (κ3) is 8.31. The molecular weight excluding hydrogens is 949 g/mol. The molecule has 0 heterocycles. The van der Waals surface area contributed by atoms with Crippen LogP contribution in [0.1, 0.15) is 246 Å². The third-order valence-electron chi connectivity index (χ3n) is 20.9. The molecule has 0 nitrogen and oxygen atoms in total. The number of benzene rings is 7. The molecule has 0 radical (unpaired) electrons. The normalized spacial score (nSPS) is 19.7. The fourth-order valence-corrected chi connectivity index (χ4v) is 16.0.